The SMILES string of the molecule is CC(C)(CC(=O)O)c1c(O)c(Cl)cc2c1OCO2. The lowest BCUT2D eigenvalue weighted by Crippen LogP contribution is -2.22. The summed E-state index contributed by atoms with van der Waals surface area (Å²) >= 11 is 5.91. The lowest BCUT2D eigenvalue weighted by atomic mass is 9.80. The van der Waals surface area contributed by atoms with Gasteiger partial charge < -0.3 is 19.7 Å². The molecule has 0 saturated carbocycles. The lowest BCUT2D eigenvalue weighted by molar-refractivity contribution is -0.138. The van der Waals surface area contributed by atoms with Crippen LogP contribution in [-0.4, -0.2) is 23.0 Å². The van der Waals surface area contributed by atoms with Gasteiger partial charge in [-0.1, -0.05) is 25.4 Å². The van der Waals surface area contributed by atoms with E-state index in [1.165, 1.54) is 6.07 Å². The molecule has 2 N–H and O–H groups in total. The lowest BCUT2D eigenvalue weighted by Gasteiger charge is -2.25. The summed E-state index contributed by atoms with van der Waals surface area (Å²) in [6.45, 7) is 3.44. The molecule has 0 unspecified atom stereocenters. The minimum Gasteiger partial charge on any atom is -0.506 e. The summed E-state index contributed by atoms with van der Waals surface area (Å²) in [4.78, 5) is 10.9. The van der Waals surface area contributed by atoms with Crippen LogP contribution in [0.3, 0.4) is 0 Å². The zero-order chi connectivity index (χ0) is 13.5. The Labute approximate surface area is 109 Å². The minimum atomic E-state index is -0.966. The van der Waals surface area contributed by atoms with E-state index in [-0.39, 0.29) is 24.0 Å². The molecule has 1 aliphatic rings. The smallest absolute Gasteiger partial charge is 0.304 e. The van der Waals surface area contributed by atoms with Crippen LogP contribution in [0.2, 0.25) is 5.02 Å². The van der Waals surface area contributed by atoms with Crippen molar-refractivity contribution in [3.8, 4) is 17.2 Å². The molecule has 0 fully saturated rings. The van der Waals surface area contributed by atoms with Gasteiger partial charge in [-0.05, 0) is 0 Å². The zero-order valence-electron chi connectivity index (χ0n) is 9.99. The second-order valence-electron chi connectivity index (χ2n) is 4.77. The number of rotatable bonds is 3. The first kappa shape index (κ1) is 12.8. The third-order valence-electron chi connectivity index (χ3n) is 2.86. The second kappa shape index (κ2) is 4.24. The van der Waals surface area contributed by atoms with Crippen molar-refractivity contribution in [2.45, 2.75) is 25.7 Å². The number of carbonyl (C=O) groups is 1. The summed E-state index contributed by atoms with van der Waals surface area (Å²) in [6.07, 6.45) is -0.156. The maximum Gasteiger partial charge on any atom is 0.304 e. The van der Waals surface area contributed by atoms with Gasteiger partial charge in [0.25, 0.3) is 0 Å². The van der Waals surface area contributed by atoms with Crippen LogP contribution in [0.15, 0.2) is 6.07 Å². The number of aliphatic carboxylic acids is 1. The van der Waals surface area contributed by atoms with E-state index < -0.39 is 11.4 Å². The molecule has 1 aromatic carbocycles. The highest BCUT2D eigenvalue weighted by atomic mass is 35.5. The monoisotopic (exact) mass is 272 g/mol. The van der Waals surface area contributed by atoms with Gasteiger partial charge in [-0.2, -0.15) is 0 Å². The Hall–Kier alpha value is -1.62. The van der Waals surface area contributed by atoms with Gasteiger partial charge in [0.15, 0.2) is 11.5 Å². The molecule has 0 aromatic heterocycles. The van der Waals surface area contributed by atoms with Crippen LogP contribution < -0.4 is 9.47 Å². The molecule has 0 atom stereocenters. The topological polar surface area (TPSA) is 76.0 Å². The van der Waals surface area contributed by atoms with E-state index in [1.807, 2.05) is 0 Å². The Kier molecular flexibility index (Phi) is 3.02. The van der Waals surface area contributed by atoms with Crippen molar-refractivity contribution in [2.24, 2.45) is 0 Å². The number of phenols is 1. The number of benzene rings is 1. The third-order valence-corrected chi connectivity index (χ3v) is 3.15. The van der Waals surface area contributed by atoms with Gasteiger partial charge in [-0.3, -0.25) is 4.79 Å². The van der Waals surface area contributed by atoms with Crippen molar-refractivity contribution in [3.05, 3.63) is 16.7 Å². The Morgan fingerprint density at radius 2 is 2.17 bits per heavy atom. The molecule has 5 nitrogen and oxygen atoms in total. The van der Waals surface area contributed by atoms with E-state index >= 15 is 0 Å². The highest BCUT2D eigenvalue weighted by Gasteiger charge is 2.35. The van der Waals surface area contributed by atoms with Crippen molar-refractivity contribution in [2.75, 3.05) is 6.79 Å². The highest BCUT2D eigenvalue weighted by Crippen LogP contribution is 2.50. The normalized spacial score (nSPS) is 13.7. The summed E-state index contributed by atoms with van der Waals surface area (Å²) < 4.78 is 10.5. The molecule has 18 heavy (non-hydrogen) atoms. The number of phenolic OH excluding ortho intramolecular Hbond substituents is 1. The summed E-state index contributed by atoms with van der Waals surface area (Å²) in [5.74, 6) is -0.339. The van der Waals surface area contributed by atoms with Crippen LogP contribution in [0.25, 0.3) is 0 Å². The molecule has 98 valence electrons. The van der Waals surface area contributed by atoms with Gasteiger partial charge in [0, 0.05) is 17.0 Å². The first-order valence-electron chi connectivity index (χ1n) is 5.36. The van der Waals surface area contributed by atoms with Gasteiger partial charge in [-0.15, -0.1) is 0 Å². The fraction of sp³-hybridized carbons (Fsp3) is 0.417. The molecule has 1 aliphatic heterocycles. The van der Waals surface area contributed by atoms with Crippen molar-refractivity contribution < 1.29 is 24.5 Å². The molecule has 0 aliphatic carbocycles. The Balaban J connectivity index is 2.59. The maximum atomic E-state index is 10.9. The van der Waals surface area contributed by atoms with E-state index in [2.05, 4.69) is 0 Å². The molecule has 2 rings (SSSR count). The number of ether oxygens (including phenoxy) is 2. The zero-order valence-corrected chi connectivity index (χ0v) is 10.7. The van der Waals surface area contributed by atoms with Gasteiger partial charge in [0.05, 0.1) is 11.4 Å². The fourth-order valence-electron chi connectivity index (χ4n) is 2.10. The molecule has 6 heteroatoms. The maximum absolute atomic E-state index is 10.9. The molecule has 0 bridgehead atoms. The summed E-state index contributed by atoms with van der Waals surface area (Å²) in [6, 6.07) is 1.46. The quantitative estimate of drug-likeness (QED) is 0.884. The number of hydrogen-bond acceptors (Lipinski definition) is 4. The first-order chi connectivity index (χ1) is 8.33. The van der Waals surface area contributed by atoms with Gasteiger partial charge in [0.1, 0.15) is 5.75 Å². The summed E-state index contributed by atoms with van der Waals surface area (Å²) in [5, 5.41) is 19.1. The molecule has 0 spiro atoms. The Bertz CT molecular complexity index is 510. The third kappa shape index (κ3) is 2.06. The molecule has 0 saturated heterocycles. The predicted molar refractivity (Wildman–Crippen MR) is 64.5 cm³/mol. The molecule has 1 heterocycles. The van der Waals surface area contributed by atoms with E-state index in [4.69, 9.17) is 26.2 Å². The average Bonchev–Trinajstić information content (AvgIpc) is 2.63. The van der Waals surface area contributed by atoms with Gasteiger partial charge >= 0.3 is 5.97 Å². The number of fused-ring (bicyclic) bond motifs is 1. The Morgan fingerprint density at radius 3 is 2.78 bits per heavy atom. The van der Waals surface area contributed by atoms with Crippen LogP contribution in [0, 0.1) is 0 Å². The molecule has 1 aromatic rings. The molecule has 0 amide bonds. The average molecular weight is 273 g/mol. The van der Waals surface area contributed by atoms with Crippen LogP contribution in [0.1, 0.15) is 25.8 Å². The van der Waals surface area contributed by atoms with Crippen molar-refractivity contribution in [1.82, 2.24) is 0 Å². The van der Waals surface area contributed by atoms with Crippen molar-refractivity contribution in [3.63, 3.8) is 0 Å². The first-order valence-corrected chi connectivity index (χ1v) is 5.74. The largest absolute Gasteiger partial charge is 0.506 e. The molecular formula is C12H13ClO5. The van der Waals surface area contributed by atoms with Crippen LogP contribution in [-0.2, 0) is 10.2 Å². The van der Waals surface area contributed by atoms with E-state index in [0.717, 1.165) is 0 Å². The standard InChI is InChI=1S/C12H13ClO5/c1-12(2,4-8(14)15)9-10(16)6(13)3-7-11(9)18-5-17-7/h3,16H,4-5H2,1-2H3,(H,14,15). The predicted octanol–water partition coefficient (Wildman–Crippen LogP) is 2.53. The number of aromatic hydroxyl groups is 1. The Morgan fingerprint density at radius 1 is 1.50 bits per heavy atom. The van der Waals surface area contributed by atoms with E-state index in [0.29, 0.717) is 17.1 Å². The highest BCUT2D eigenvalue weighted by molar-refractivity contribution is 6.32. The minimum absolute atomic E-state index is 0.0330. The summed E-state index contributed by atoms with van der Waals surface area (Å²) in [5.41, 5.74) is -0.455. The number of halogens is 1. The number of carboxylic acids is 1. The number of carboxylic acid groups (broad SMARTS) is 1. The fourth-order valence-corrected chi connectivity index (χ4v) is 2.29. The molecular weight excluding hydrogens is 260 g/mol. The summed E-state index contributed by atoms with van der Waals surface area (Å²) in [7, 11) is 0. The van der Waals surface area contributed by atoms with Crippen LogP contribution >= 0.6 is 11.6 Å². The van der Waals surface area contributed by atoms with E-state index in [9.17, 15) is 9.90 Å². The second-order valence-corrected chi connectivity index (χ2v) is 5.18. The van der Waals surface area contributed by atoms with Gasteiger partial charge in [0.2, 0.25) is 6.79 Å². The number of hydrogen-bond donors (Lipinski definition) is 2. The van der Waals surface area contributed by atoms with E-state index in [1.54, 1.807) is 13.8 Å². The van der Waals surface area contributed by atoms with Gasteiger partial charge in [-0.25, -0.2) is 0 Å². The van der Waals surface area contributed by atoms with Crippen molar-refractivity contribution in [1.29, 1.82) is 0 Å². The van der Waals surface area contributed by atoms with Crippen molar-refractivity contribution >= 4 is 17.6 Å². The molecule has 0 radical (unpaired) electrons. The van der Waals surface area contributed by atoms with Crippen LogP contribution in [0.4, 0.5) is 0 Å². The van der Waals surface area contributed by atoms with Crippen LogP contribution in [0.5, 0.6) is 17.2 Å².